The van der Waals surface area contributed by atoms with Gasteiger partial charge in [0.15, 0.2) is 0 Å². The van der Waals surface area contributed by atoms with Gasteiger partial charge in [0.05, 0.1) is 11.3 Å². The minimum atomic E-state index is -0.284. The van der Waals surface area contributed by atoms with Gasteiger partial charge in [-0.05, 0) is 34.1 Å². The van der Waals surface area contributed by atoms with Gasteiger partial charge in [0.1, 0.15) is 4.60 Å². The van der Waals surface area contributed by atoms with Crippen molar-refractivity contribution in [3.05, 3.63) is 57.2 Å². The molecule has 0 aromatic carbocycles. The van der Waals surface area contributed by atoms with E-state index in [1.807, 2.05) is 0 Å². The van der Waals surface area contributed by atoms with E-state index in [0.717, 1.165) is 0 Å². The van der Waals surface area contributed by atoms with Gasteiger partial charge in [0.25, 0.3) is 5.91 Å². The highest BCUT2D eigenvalue weighted by molar-refractivity contribution is 9.10. The molecular weight excluding hydrogens is 298 g/mol. The number of carbonyl (C=O) groups is 1. The van der Waals surface area contributed by atoms with Crippen LogP contribution in [0.2, 0.25) is 0 Å². The molecule has 0 bridgehead atoms. The fraction of sp³-hybridized carbons (Fsp3) is 0.0833. The second-order valence-corrected chi connectivity index (χ2v) is 4.41. The normalized spacial score (nSPS) is 10.1. The molecule has 0 aliphatic heterocycles. The molecule has 0 unspecified atom stereocenters. The number of rotatable bonds is 2. The number of hydrogen-bond acceptors (Lipinski definition) is 3. The molecule has 2 rings (SSSR count). The lowest BCUT2D eigenvalue weighted by Gasteiger charge is -2.07. The number of anilines is 1. The highest BCUT2D eigenvalue weighted by Gasteiger charge is 2.10. The van der Waals surface area contributed by atoms with Gasteiger partial charge in [-0.15, -0.1) is 0 Å². The molecule has 0 atom stereocenters. The maximum Gasteiger partial charge on any atom is 0.258 e. The van der Waals surface area contributed by atoms with E-state index in [4.69, 9.17) is 0 Å². The number of amides is 1. The number of pyridine rings is 2. The molecule has 6 heteroatoms. The zero-order valence-corrected chi connectivity index (χ0v) is 11.1. The van der Waals surface area contributed by atoms with Crippen molar-refractivity contribution in [1.82, 2.24) is 9.55 Å². The van der Waals surface area contributed by atoms with Crippen LogP contribution in [0.5, 0.6) is 0 Å². The molecule has 1 N–H and O–H groups in total. The van der Waals surface area contributed by atoms with Gasteiger partial charge in [-0.25, -0.2) is 4.98 Å². The monoisotopic (exact) mass is 307 g/mol. The molecule has 2 heterocycles. The Morgan fingerprint density at radius 2 is 2.17 bits per heavy atom. The van der Waals surface area contributed by atoms with E-state index in [0.29, 0.717) is 15.9 Å². The molecule has 2 aromatic rings. The molecule has 0 radical (unpaired) electrons. The number of aromatic nitrogens is 2. The zero-order chi connectivity index (χ0) is 13.1. The van der Waals surface area contributed by atoms with Crippen molar-refractivity contribution < 1.29 is 4.79 Å². The molecule has 92 valence electrons. The Bertz CT molecular complexity index is 652. The van der Waals surface area contributed by atoms with Crippen LogP contribution in [0.25, 0.3) is 0 Å². The molecule has 0 saturated carbocycles. The van der Waals surface area contributed by atoms with Crippen LogP contribution in [0.4, 0.5) is 5.69 Å². The summed E-state index contributed by atoms with van der Waals surface area (Å²) in [7, 11) is 1.62. The van der Waals surface area contributed by atoms with Crippen LogP contribution in [0.1, 0.15) is 10.4 Å². The third-order valence-electron chi connectivity index (χ3n) is 2.35. The van der Waals surface area contributed by atoms with Crippen LogP contribution < -0.4 is 10.9 Å². The maximum atomic E-state index is 12.0. The molecule has 0 saturated heterocycles. The minimum Gasteiger partial charge on any atom is -0.321 e. The lowest BCUT2D eigenvalue weighted by atomic mass is 10.2. The average Bonchev–Trinajstić information content (AvgIpc) is 2.34. The van der Waals surface area contributed by atoms with Gasteiger partial charge < -0.3 is 9.88 Å². The smallest absolute Gasteiger partial charge is 0.258 e. The Morgan fingerprint density at radius 3 is 2.83 bits per heavy atom. The van der Waals surface area contributed by atoms with E-state index in [-0.39, 0.29) is 11.5 Å². The van der Waals surface area contributed by atoms with E-state index in [9.17, 15) is 9.59 Å². The van der Waals surface area contributed by atoms with Crippen LogP contribution in [0.3, 0.4) is 0 Å². The number of halogens is 1. The van der Waals surface area contributed by atoms with Gasteiger partial charge >= 0.3 is 0 Å². The van der Waals surface area contributed by atoms with Crippen molar-refractivity contribution in [3.63, 3.8) is 0 Å². The van der Waals surface area contributed by atoms with E-state index in [1.165, 1.54) is 10.6 Å². The SMILES string of the molecule is Cn1cc(NC(=O)c2cccnc2Br)ccc1=O. The molecule has 0 spiro atoms. The number of carbonyl (C=O) groups excluding carboxylic acids is 1. The zero-order valence-electron chi connectivity index (χ0n) is 9.55. The fourth-order valence-corrected chi connectivity index (χ4v) is 1.85. The van der Waals surface area contributed by atoms with Crippen LogP contribution in [-0.2, 0) is 7.05 Å². The number of nitrogens with one attached hydrogen (secondary N) is 1. The molecule has 1 amide bonds. The van der Waals surface area contributed by atoms with Gasteiger partial charge in [0.2, 0.25) is 5.56 Å². The highest BCUT2D eigenvalue weighted by Crippen LogP contribution is 2.14. The van der Waals surface area contributed by atoms with Crippen molar-refractivity contribution >= 4 is 27.5 Å². The maximum absolute atomic E-state index is 12.0. The number of nitrogens with zero attached hydrogens (tertiary/aromatic N) is 2. The van der Waals surface area contributed by atoms with E-state index >= 15 is 0 Å². The van der Waals surface area contributed by atoms with Crippen LogP contribution in [0, 0.1) is 0 Å². The fourth-order valence-electron chi connectivity index (χ4n) is 1.42. The van der Waals surface area contributed by atoms with Crippen molar-refractivity contribution in [2.24, 2.45) is 7.05 Å². The van der Waals surface area contributed by atoms with Crippen molar-refractivity contribution in [1.29, 1.82) is 0 Å². The van der Waals surface area contributed by atoms with E-state index in [1.54, 1.807) is 37.6 Å². The van der Waals surface area contributed by atoms with Gasteiger partial charge in [0, 0.05) is 25.5 Å². The average molecular weight is 308 g/mol. The topological polar surface area (TPSA) is 64.0 Å². The van der Waals surface area contributed by atoms with Crippen molar-refractivity contribution in [3.8, 4) is 0 Å². The minimum absolute atomic E-state index is 0.129. The van der Waals surface area contributed by atoms with E-state index < -0.39 is 0 Å². The first-order chi connectivity index (χ1) is 8.58. The summed E-state index contributed by atoms with van der Waals surface area (Å²) in [5.41, 5.74) is 0.861. The van der Waals surface area contributed by atoms with Crippen LogP contribution in [0.15, 0.2) is 46.1 Å². The predicted octanol–water partition coefficient (Wildman–Crippen LogP) is 1.80. The highest BCUT2D eigenvalue weighted by atomic mass is 79.9. The first-order valence-corrected chi connectivity index (χ1v) is 5.96. The summed E-state index contributed by atoms with van der Waals surface area (Å²) >= 11 is 3.21. The summed E-state index contributed by atoms with van der Waals surface area (Å²) in [4.78, 5) is 27.2. The summed E-state index contributed by atoms with van der Waals surface area (Å²) in [5, 5.41) is 2.70. The third kappa shape index (κ3) is 2.65. The summed E-state index contributed by atoms with van der Waals surface area (Å²) in [6, 6.07) is 6.30. The summed E-state index contributed by atoms with van der Waals surface area (Å²) in [6.07, 6.45) is 3.15. The summed E-state index contributed by atoms with van der Waals surface area (Å²) in [5.74, 6) is -0.284. The Labute approximate surface area is 112 Å². The lowest BCUT2D eigenvalue weighted by molar-refractivity contribution is 0.102. The second kappa shape index (κ2) is 5.14. The Morgan fingerprint density at radius 1 is 1.39 bits per heavy atom. The molecule has 2 aromatic heterocycles. The molecule has 0 fully saturated rings. The molecular formula is C12H10BrN3O2. The first-order valence-electron chi connectivity index (χ1n) is 5.16. The van der Waals surface area contributed by atoms with E-state index in [2.05, 4.69) is 26.2 Å². The second-order valence-electron chi connectivity index (χ2n) is 3.66. The standard InChI is InChI=1S/C12H10BrN3O2/c1-16-7-8(4-5-10(16)17)15-12(18)9-3-2-6-14-11(9)13/h2-7H,1H3,(H,15,18). The van der Waals surface area contributed by atoms with Crippen molar-refractivity contribution in [2.75, 3.05) is 5.32 Å². The Hall–Kier alpha value is -1.95. The first kappa shape index (κ1) is 12.5. The molecule has 5 nitrogen and oxygen atoms in total. The summed E-state index contributed by atoms with van der Waals surface area (Å²) < 4.78 is 1.88. The Kier molecular flexibility index (Phi) is 3.57. The quantitative estimate of drug-likeness (QED) is 0.860. The number of hydrogen-bond donors (Lipinski definition) is 1. The largest absolute Gasteiger partial charge is 0.321 e. The molecule has 0 aliphatic carbocycles. The third-order valence-corrected chi connectivity index (χ3v) is 2.98. The van der Waals surface area contributed by atoms with Crippen molar-refractivity contribution in [2.45, 2.75) is 0 Å². The van der Waals surface area contributed by atoms with Crippen LogP contribution in [-0.4, -0.2) is 15.5 Å². The predicted molar refractivity (Wildman–Crippen MR) is 71.6 cm³/mol. The van der Waals surface area contributed by atoms with Gasteiger partial charge in [-0.1, -0.05) is 0 Å². The molecule has 0 aliphatic rings. The van der Waals surface area contributed by atoms with Gasteiger partial charge in [-0.3, -0.25) is 9.59 Å². The molecule has 18 heavy (non-hydrogen) atoms. The lowest BCUT2D eigenvalue weighted by Crippen LogP contribution is -2.18. The number of aryl methyl sites for hydroxylation is 1. The van der Waals surface area contributed by atoms with Gasteiger partial charge in [-0.2, -0.15) is 0 Å². The summed E-state index contributed by atoms with van der Waals surface area (Å²) in [6.45, 7) is 0. The Balaban J connectivity index is 2.24. The van der Waals surface area contributed by atoms with Crippen LogP contribution >= 0.6 is 15.9 Å².